The molecule has 12 radical (unpaired) electrons. The SMILES string of the molecule is [B]C1=C([B])C([B])([B])C(c2sc3c(NCc4ccccc4)cc(Cl)nc3c2C)CC1([B])[B]. The van der Waals surface area contributed by atoms with E-state index in [-0.39, 0.29) is 17.4 Å². The molecular formula is C21H15B6ClN2S. The van der Waals surface area contributed by atoms with E-state index >= 15 is 0 Å². The van der Waals surface area contributed by atoms with Crippen LogP contribution in [0.4, 0.5) is 5.69 Å². The molecule has 0 amide bonds. The van der Waals surface area contributed by atoms with E-state index in [0.717, 1.165) is 31.9 Å². The Kier molecular flexibility index (Phi) is 5.98. The Morgan fingerprint density at radius 3 is 2.48 bits per heavy atom. The molecule has 1 aliphatic rings. The molecule has 0 spiro atoms. The second kappa shape index (κ2) is 8.15. The maximum Gasteiger partial charge on any atom is 0.131 e. The highest BCUT2D eigenvalue weighted by molar-refractivity contribution is 7.20. The van der Waals surface area contributed by atoms with Gasteiger partial charge in [-0.3, -0.25) is 0 Å². The van der Waals surface area contributed by atoms with E-state index < -0.39 is 16.3 Å². The lowest BCUT2D eigenvalue weighted by atomic mass is 9.29. The summed E-state index contributed by atoms with van der Waals surface area (Å²) in [4.78, 5) is 5.46. The van der Waals surface area contributed by atoms with Gasteiger partial charge in [0.2, 0.25) is 0 Å². The minimum Gasteiger partial charge on any atom is -0.380 e. The summed E-state index contributed by atoms with van der Waals surface area (Å²) in [7, 11) is 37.6. The number of aromatic nitrogens is 1. The van der Waals surface area contributed by atoms with Crippen molar-refractivity contribution in [1.82, 2.24) is 4.98 Å². The van der Waals surface area contributed by atoms with Crippen LogP contribution in [-0.4, -0.2) is 52.1 Å². The van der Waals surface area contributed by atoms with E-state index in [4.69, 9.17) is 58.7 Å². The molecule has 1 aliphatic carbocycles. The first kappa shape index (κ1) is 22.7. The van der Waals surface area contributed by atoms with Crippen LogP contribution in [0.25, 0.3) is 10.2 Å². The molecule has 0 fully saturated rings. The normalized spacial score (nSPS) is 20.1. The molecule has 0 saturated heterocycles. The Morgan fingerprint density at radius 2 is 1.81 bits per heavy atom. The van der Waals surface area contributed by atoms with Gasteiger partial charge in [-0.25, -0.2) is 4.98 Å². The van der Waals surface area contributed by atoms with Crippen molar-refractivity contribution in [3.05, 3.63) is 68.5 Å². The van der Waals surface area contributed by atoms with Crippen LogP contribution in [0.5, 0.6) is 0 Å². The molecule has 3 aromatic rings. The second-order valence-corrected chi connectivity index (χ2v) is 9.60. The summed E-state index contributed by atoms with van der Waals surface area (Å²) in [6.07, 6.45) is 0.251. The second-order valence-electron chi connectivity index (χ2n) is 8.16. The van der Waals surface area contributed by atoms with Crippen LogP contribution in [-0.2, 0) is 6.54 Å². The molecule has 2 nitrogen and oxygen atoms in total. The maximum atomic E-state index is 6.45. The van der Waals surface area contributed by atoms with Gasteiger partial charge in [0.15, 0.2) is 0 Å². The minimum atomic E-state index is -1.39. The van der Waals surface area contributed by atoms with Crippen LogP contribution >= 0.6 is 22.9 Å². The molecule has 1 aromatic carbocycles. The molecule has 2 heterocycles. The zero-order valence-corrected chi connectivity index (χ0v) is 18.7. The lowest BCUT2D eigenvalue weighted by Gasteiger charge is -2.50. The lowest BCUT2D eigenvalue weighted by molar-refractivity contribution is 0.551. The van der Waals surface area contributed by atoms with E-state index in [2.05, 4.69) is 22.4 Å². The average Bonchev–Trinajstić information content (AvgIpc) is 3.05. The van der Waals surface area contributed by atoms with Gasteiger partial charge in [0.05, 0.1) is 47.3 Å². The van der Waals surface area contributed by atoms with Gasteiger partial charge in [0, 0.05) is 17.5 Å². The summed E-state index contributed by atoms with van der Waals surface area (Å²) in [6.45, 7) is 2.60. The summed E-state index contributed by atoms with van der Waals surface area (Å²) >= 11 is 7.87. The monoisotopic (exact) mass is 428 g/mol. The van der Waals surface area contributed by atoms with Crippen LogP contribution < -0.4 is 5.32 Å². The predicted molar refractivity (Wildman–Crippen MR) is 137 cm³/mol. The smallest absolute Gasteiger partial charge is 0.131 e. The number of nitrogens with one attached hydrogen (secondary N) is 1. The van der Waals surface area contributed by atoms with Gasteiger partial charge in [-0.1, -0.05) is 58.8 Å². The number of fused-ring (bicyclic) bond motifs is 1. The van der Waals surface area contributed by atoms with Crippen LogP contribution in [0, 0.1) is 6.92 Å². The highest BCUT2D eigenvalue weighted by Gasteiger charge is 2.42. The van der Waals surface area contributed by atoms with Gasteiger partial charge in [-0.05, 0) is 24.0 Å². The Morgan fingerprint density at radius 1 is 1.13 bits per heavy atom. The summed E-state index contributed by atoms with van der Waals surface area (Å²) in [5.74, 6) is -0.435. The highest BCUT2D eigenvalue weighted by atomic mass is 35.5. The number of thiophene rings is 1. The fraction of sp³-hybridized carbons (Fsp3) is 0.286. The number of halogens is 1. The molecule has 1 atom stereocenters. The lowest BCUT2D eigenvalue weighted by Crippen LogP contribution is -2.37. The predicted octanol–water partition coefficient (Wildman–Crippen LogP) is 3.81. The number of nitrogens with zero attached hydrogens (tertiary/aromatic N) is 1. The number of allylic oxidation sites excluding steroid dienone is 2. The highest BCUT2D eigenvalue weighted by Crippen LogP contribution is 2.59. The zero-order valence-electron chi connectivity index (χ0n) is 17.2. The van der Waals surface area contributed by atoms with Gasteiger partial charge in [0.1, 0.15) is 20.8 Å². The fourth-order valence-electron chi connectivity index (χ4n) is 4.02. The van der Waals surface area contributed by atoms with Crippen molar-refractivity contribution in [2.45, 2.75) is 36.2 Å². The molecule has 10 heteroatoms. The first-order valence-corrected chi connectivity index (χ1v) is 11.0. The van der Waals surface area contributed by atoms with Gasteiger partial charge in [0.25, 0.3) is 0 Å². The van der Waals surface area contributed by atoms with Gasteiger partial charge >= 0.3 is 0 Å². The summed E-state index contributed by atoms with van der Waals surface area (Å²) in [5, 5.41) is 1.16. The van der Waals surface area contributed by atoms with Crippen LogP contribution in [0.2, 0.25) is 15.6 Å². The molecule has 31 heavy (non-hydrogen) atoms. The van der Waals surface area contributed by atoms with Gasteiger partial charge in [-0.15, -0.1) is 22.3 Å². The number of aryl methyl sites for hydroxylation is 1. The van der Waals surface area contributed by atoms with E-state index in [0.29, 0.717) is 11.7 Å². The molecule has 1 N–H and O–H groups in total. The summed E-state index contributed by atoms with van der Waals surface area (Å²) in [6, 6.07) is 11.9. The standard InChI is InChI=1S/C21H15B6ClN2S/c1-10-15-17(13(7-14(28)30-15)29-9-11-5-3-2-4-6-11)31-16(10)12-8-20(24,25)18(22)19(23)21(12,26)27/h2-7,12H,8-9H2,1H3,(H,29,30). The van der Waals surface area contributed by atoms with Crippen molar-refractivity contribution in [3.8, 4) is 0 Å². The van der Waals surface area contributed by atoms with Crippen LogP contribution in [0.15, 0.2) is 47.3 Å². The van der Waals surface area contributed by atoms with Crippen molar-refractivity contribution in [2.24, 2.45) is 0 Å². The Labute approximate surface area is 200 Å². The summed E-state index contributed by atoms with van der Waals surface area (Å²) in [5.41, 5.74) is 3.96. The van der Waals surface area contributed by atoms with Crippen molar-refractivity contribution in [3.63, 3.8) is 0 Å². The zero-order chi connectivity index (χ0) is 22.6. The van der Waals surface area contributed by atoms with Crippen molar-refractivity contribution in [1.29, 1.82) is 0 Å². The molecule has 0 saturated carbocycles. The third-order valence-electron chi connectivity index (χ3n) is 5.90. The fourth-order valence-corrected chi connectivity index (χ4v) is 5.64. The number of pyridine rings is 1. The van der Waals surface area contributed by atoms with E-state index in [9.17, 15) is 0 Å². The number of hydrogen-bond acceptors (Lipinski definition) is 3. The van der Waals surface area contributed by atoms with Gasteiger partial charge in [-0.2, -0.15) is 0 Å². The van der Waals surface area contributed by atoms with Gasteiger partial charge < -0.3 is 5.32 Å². The Hall–Kier alpha value is -1.45. The van der Waals surface area contributed by atoms with Crippen LogP contribution in [0.3, 0.4) is 0 Å². The number of anilines is 1. The molecule has 0 aliphatic heterocycles. The quantitative estimate of drug-likeness (QED) is 0.506. The third kappa shape index (κ3) is 4.04. The van der Waals surface area contributed by atoms with Crippen LogP contribution in [0.1, 0.15) is 28.3 Å². The molecule has 2 aromatic heterocycles. The Balaban J connectivity index is 1.79. The summed E-state index contributed by atoms with van der Waals surface area (Å²) < 4.78 is 0.948. The molecule has 0 bridgehead atoms. The van der Waals surface area contributed by atoms with Crippen molar-refractivity contribution < 1.29 is 0 Å². The molecule has 4 rings (SSSR count). The number of benzene rings is 1. The van der Waals surface area contributed by atoms with E-state index in [1.807, 2.05) is 31.2 Å². The van der Waals surface area contributed by atoms with Crippen molar-refractivity contribution >= 4 is 85.9 Å². The third-order valence-corrected chi connectivity index (χ3v) is 7.52. The topological polar surface area (TPSA) is 24.9 Å². The molecule has 1 unspecified atom stereocenters. The Bertz CT molecular complexity index is 1180. The minimum absolute atomic E-state index is 0.110. The first-order valence-electron chi connectivity index (χ1n) is 9.81. The van der Waals surface area contributed by atoms with E-state index in [1.165, 1.54) is 11.3 Å². The number of rotatable bonds is 4. The maximum absolute atomic E-state index is 6.45. The molecular weight excluding hydrogens is 413 g/mol. The largest absolute Gasteiger partial charge is 0.380 e. The molecule has 140 valence electrons. The first-order chi connectivity index (χ1) is 14.5. The van der Waals surface area contributed by atoms with Crippen molar-refractivity contribution in [2.75, 3.05) is 5.32 Å². The van der Waals surface area contributed by atoms with E-state index in [1.54, 1.807) is 0 Å². The average molecular weight is 428 g/mol. The number of hydrogen-bond donors (Lipinski definition) is 1.